The number of benzene rings is 5. The van der Waals surface area contributed by atoms with E-state index in [0.717, 1.165) is 79.9 Å². The first-order chi connectivity index (χ1) is 29.6. The molecule has 322 valence electrons. The van der Waals surface area contributed by atoms with Crippen LogP contribution < -0.4 is 30.1 Å². The van der Waals surface area contributed by atoms with Crippen LogP contribution in [0.2, 0.25) is 0 Å². The van der Waals surface area contributed by atoms with Crippen molar-refractivity contribution >= 4 is 51.3 Å². The highest BCUT2D eigenvalue weighted by atomic mass is 32.2. The molecule has 1 amide bonds. The van der Waals surface area contributed by atoms with Gasteiger partial charge >= 0.3 is 0 Å². The van der Waals surface area contributed by atoms with E-state index in [1.807, 2.05) is 12.1 Å². The summed E-state index contributed by atoms with van der Waals surface area (Å²) in [6, 6.07) is 25.8. The van der Waals surface area contributed by atoms with Gasteiger partial charge in [-0.1, -0.05) is 138 Å². The highest BCUT2D eigenvalue weighted by Crippen LogP contribution is 2.54. The quantitative estimate of drug-likeness (QED) is 0.0260. The number of ether oxygens (including phenoxy) is 1. The summed E-state index contributed by atoms with van der Waals surface area (Å²) in [7, 11) is 0. The van der Waals surface area contributed by atoms with E-state index in [4.69, 9.17) is 9.99 Å². The van der Waals surface area contributed by atoms with Crippen LogP contribution in [0.15, 0.2) is 72.8 Å². The first kappa shape index (κ1) is 43.2. The maximum atomic E-state index is 13.1. The summed E-state index contributed by atoms with van der Waals surface area (Å²) >= 11 is 1.11. The normalized spacial score (nSPS) is 15.6. The van der Waals surface area contributed by atoms with Gasteiger partial charge in [-0.3, -0.25) is 4.79 Å². The zero-order chi connectivity index (χ0) is 42.6. The van der Waals surface area contributed by atoms with E-state index in [0.29, 0.717) is 11.3 Å². The Bertz CT molecular complexity index is 2510. The lowest BCUT2D eigenvalue weighted by Crippen LogP contribution is -2.30. The number of anilines is 1. The van der Waals surface area contributed by atoms with Gasteiger partial charge in [-0.25, -0.2) is 9.83 Å². The fourth-order valence-electron chi connectivity index (χ4n) is 10.4. The number of fused-ring (bicyclic) bond motifs is 12. The van der Waals surface area contributed by atoms with E-state index in [2.05, 4.69) is 126 Å². The number of hydrogen-bond acceptors (Lipinski definition) is 7. The molecule has 5 aromatic carbocycles. The van der Waals surface area contributed by atoms with Gasteiger partial charge in [0.2, 0.25) is 5.36 Å². The monoisotopic (exact) mass is 842 g/mol. The van der Waals surface area contributed by atoms with E-state index in [1.165, 1.54) is 107 Å². The standard InChI is InChI=1S/C52H63N3O5S/c1-6-7-8-9-10-11-12-13-14-19-29-53-50(56)37-27-25-36(26-28-37)33-55-35-52(4,5)45-47(55)41-24-18-16-22-39(41)43-32-42-38-21-15-17-23-40(38)46-44(48(42)58-49(43)45)51(2,3)34-54(46)30-20-31-61-60-59-57/h15-18,21-28,32H,6-14,19-20,29-31,33-35H2,1-5H3,(H-,53,56,57)/p+1. The molecule has 0 radical (unpaired) electrons. The Labute approximate surface area is 366 Å². The SMILES string of the molecule is CCCCCCCCCCCCNC(=O)c1ccc(C[N+]2=c3c(c4c(c5ccccc35)=Cc3c(c5c(c6ccccc36)N(CCCSOOO)CC5(C)C)O4)C(C)(C)C2)cc1. The Kier molecular flexibility index (Phi) is 13.4. The first-order valence-electron chi connectivity index (χ1n) is 22.8. The Hall–Kier alpha value is -4.41. The molecule has 3 aliphatic rings. The maximum absolute atomic E-state index is 13.1. The van der Waals surface area contributed by atoms with Crippen LogP contribution in [0, 0.1) is 0 Å². The molecule has 0 aromatic heterocycles. The van der Waals surface area contributed by atoms with E-state index in [9.17, 15) is 4.79 Å². The molecular formula is C52H64N3O5S+. The molecule has 0 atom stereocenters. The number of rotatable bonds is 20. The second kappa shape index (κ2) is 18.9. The molecule has 8 rings (SSSR count). The van der Waals surface area contributed by atoms with Gasteiger partial charge < -0.3 is 15.0 Å². The number of carbonyl (C=O) groups is 1. The number of hydrogen-bond donors (Lipinski definition) is 2. The van der Waals surface area contributed by atoms with Crippen molar-refractivity contribution < 1.29 is 24.2 Å². The number of amides is 1. The fraction of sp³-hybridized carbons (Fsp3) is 0.462. The van der Waals surface area contributed by atoms with Crippen molar-refractivity contribution in [3.05, 3.63) is 111 Å². The van der Waals surface area contributed by atoms with Gasteiger partial charge in [0.1, 0.15) is 11.5 Å². The second-order valence-corrected chi connectivity index (χ2v) is 19.5. The van der Waals surface area contributed by atoms with Crippen LogP contribution in [0.4, 0.5) is 5.69 Å². The molecular weight excluding hydrogens is 779 g/mol. The zero-order valence-electron chi connectivity index (χ0n) is 36.9. The molecule has 0 spiro atoms. The smallest absolute Gasteiger partial charge is 0.251 e. The van der Waals surface area contributed by atoms with Gasteiger partial charge in [0.25, 0.3) is 5.91 Å². The van der Waals surface area contributed by atoms with Crippen LogP contribution in [-0.4, -0.2) is 43.1 Å². The summed E-state index contributed by atoms with van der Waals surface area (Å²) in [5, 5.41) is 22.8. The molecule has 0 fully saturated rings. The van der Waals surface area contributed by atoms with Crippen molar-refractivity contribution in [1.82, 2.24) is 9.89 Å². The summed E-state index contributed by atoms with van der Waals surface area (Å²) in [5.74, 6) is 2.63. The van der Waals surface area contributed by atoms with Crippen molar-refractivity contribution in [2.45, 2.75) is 123 Å². The molecule has 9 heteroatoms. The Morgan fingerprint density at radius 3 is 2.15 bits per heavy atom. The molecule has 0 unspecified atom stereocenters. The number of unbranched alkanes of at least 4 members (excludes halogenated alkanes) is 9. The van der Waals surface area contributed by atoms with Crippen molar-refractivity contribution in [2.24, 2.45) is 0 Å². The van der Waals surface area contributed by atoms with Crippen LogP contribution in [0.5, 0.6) is 11.5 Å². The maximum Gasteiger partial charge on any atom is 0.251 e. The molecule has 3 aliphatic heterocycles. The molecule has 0 saturated carbocycles. The van der Waals surface area contributed by atoms with Crippen molar-refractivity contribution in [1.29, 1.82) is 0 Å². The summed E-state index contributed by atoms with van der Waals surface area (Å²) in [4.78, 5) is 15.6. The zero-order valence-corrected chi connectivity index (χ0v) is 37.7. The summed E-state index contributed by atoms with van der Waals surface area (Å²) in [6.45, 7) is 15.7. The van der Waals surface area contributed by atoms with Crippen molar-refractivity contribution in [2.75, 3.05) is 36.8 Å². The number of nitrogens with zero attached hydrogens (tertiary/aromatic N) is 2. The lowest BCUT2D eigenvalue weighted by atomic mass is 9.81. The average molecular weight is 843 g/mol. The largest absolute Gasteiger partial charge is 0.455 e. The summed E-state index contributed by atoms with van der Waals surface area (Å²) in [6.07, 6.45) is 16.1. The predicted molar refractivity (Wildman–Crippen MR) is 251 cm³/mol. The van der Waals surface area contributed by atoms with Crippen LogP contribution >= 0.6 is 12.0 Å². The summed E-state index contributed by atoms with van der Waals surface area (Å²) < 4.78 is 14.7. The van der Waals surface area contributed by atoms with Gasteiger partial charge in [0.05, 0.1) is 22.1 Å². The van der Waals surface area contributed by atoms with Gasteiger partial charge in [0.15, 0.2) is 13.1 Å². The fourth-order valence-corrected chi connectivity index (χ4v) is 10.7. The second-order valence-electron chi connectivity index (χ2n) is 18.8. The lowest BCUT2D eigenvalue weighted by Gasteiger charge is -2.28. The van der Waals surface area contributed by atoms with E-state index >= 15 is 0 Å². The Morgan fingerprint density at radius 1 is 0.787 bits per heavy atom. The highest BCUT2D eigenvalue weighted by molar-refractivity contribution is 7.94. The van der Waals surface area contributed by atoms with Gasteiger partial charge in [-0.05, 0) is 61.7 Å². The van der Waals surface area contributed by atoms with E-state index in [-0.39, 0.29) is 16.7 Å². The highest BCUT2D eigenvalue weighted by Gasteiger charge is 2.45. The molecule has 0 bridgehead atoms. The van der Waals surface area contributed by atoms with Gasteiger partial charge in [-0.2, -0.15) is 0 Å². The summed E-state index contributed by atoms with van der Waals surface area (Å²) in [5.41, 5.74) is 6.44. The average Bonchev–Trinajstić information content (AvgIpc) is 3.69. The Balaban J connectivity index is 1.07. The minimum absolute atomic E-state index is 0.00810. The molecule has 61 heavy (non-hydrogen) atoms. The third-order valence-electron chi connectivity index (χ3n) is 13.2. The van der Waals surface area contributed by atoms with Gasteiger partial charge in [-0.15, -0.1) is 4.33 Å². The molecule has 8 nitrogen and oxygen atoms in total. The molecule has 0 aliphatic carbocycles. The lowest BCUT2D eigenvalue weighted by molar-refractivity contribution is -0.432. The first-order valence-corrected chi connectivity index (χ1v) is 23.7. The Morgan fingerprint density at radius 2 is 1.44 bits per heavy atom. The van der Waals surface area contributed by atoms with Crippen molar-refractivity contribution in [3.8, 4) is 11.5 Å². The number of carbonyl (C=O) groups excluding carboxylic acids is 1. The molecule has 0 saturated heterocycles. The van der Waals surface area contributed by atoms with Crippen molar-refractivity contribution in [3.63, 3.8) is 0 Å². The third-order valence-corrected chi connectivity index (χ3v) is 13.8. The molecule has 5 aromatic rings. The van der Waals surface area contributed by atoms with Crippen LogP contribution in [-0.2, 0) is 26.7 Å². The van der Waals surface area contributed by atoms with Crippen LogP contribution in [0.1, 0.15) is 138 Å². The minimum atomic E-state index is -0.192. The third kappa shape index (κ3) is 8.95. The minimum Gasteiger partial charge on any atom is -0.455 e. The van der Waals surface area contributed by atoms with E-state index < -0.39 is 0 Å². The van der Waals surface area contributed by atoms with Crippen LogP contribution in [0.3, 0.4) is 0 Å². The van der Waals surface area contributed by atoms with E-state index in [1.54, 1.807) is 0 Å². The van der Waals surface area contributed by atoms with Crippen LogP contribution in [0.25, 0.3) is 27.6 Å². The molecule has 3 heterocycles. The van der Waals surface area contributed by atoms with Gasteiger partial charge in [0, 0.05) is 75.7 Å². The molecule has 2 N–H and O–H groups in total. The predicted octanol–water partition coefficient (Wildman–Crippen LogP) is 11.1. The number of nitrogens with one attached hydrogen (secondary N) is 1. The topological polar surface area (TPSA) is 83.3 Å².